The maximum absolute atomic E-state index is 11.6. The van der Waals surface area contributed by atoms with Crippen LogP contribution < -0.4 is 16.7 Å². The van der Waals surface area contributed by atoms with Gasteiger partial charge in [-0.05, 0) is 13.3 Å². The van der Waals surface area contributed by atoms with Crippen molar-refractivity contribution < 1.29 is 4.79 Å². The first kappa shape index (κ1) is 10.5. The quantitative estimate of drug-likeness (QED) is 0.348. The van der Waals surface area contributed by atoms with Crippen molar-refractivity contribution in [3.05, 3.63) is 33.2 Å². The maximum Gasteiger partial charge on any atom is 0.270 e. The molecule has 0 aliphatic carbocycles. The number of nitrogens with one attached hydrogen (secondary N) is 2. The second-order valence-electron chi connectivity index (χ2n) is 2.96. The molecule has 0 fully saturated rings. The molecule has 0 aliphatic heterocycles. The summed E-state index contributed by atoms with van der Waals surface area (Å²) in [6.07, 6.45) is 2.11. The Morgan fingerprint density at radius 1 is 1.64 bits per heavy atom. The first-order valence-electron chi connectivity index (χ1n) is 4.33. The maximum atomic E-state index is 11.6. The molecule has 1 amide bonds. The van der Waals surface area contributed by atoms with Gasteiger partial charge < -0.3 is 4.98 Å². The summed E-state index contributed by atoms with van der Waals surface area (Å²) in [5, 5.41) is 0. The van der Waals surface area contributed by atoms with Crippen LogP contribution in [0, 0.1) is 6.92 Å². The second-order valence-corrected chi connectivity index (χ2v) is 2.96. The van der Waals surface area contributed by atoms with Gasteiger partial charge in [0.1, 0.15) is 5.56 Å². The minimum absolute atomic E-state index is 0.0437. The van der Waals surface area contributed by atoms with E-state index in [0.717, 1.165) is 12.1 Å². The average molecular weight is 195 g/mol. The Hall–Kier alpha value is -1.62. The molecular weight excluding hydrogens is 182 g/mol. The van der Waals surface area contributed by atoms with Gasteiger partial charge in [-0.15, -0.1) is 0 Å². The topological polar surface area (TPSA) is 88.0 Å². The third kappa shape index (κ3) is 1.67. The number of carbonyl (C=O) groups is 1. The van der Waals surface area contributed by atoms with Crippen molar-refractivity contribution in [1.29, 1.82) is 0 Å². The van der Waals surface area contributed by atoms with Gasteiger partial charge in [0.15, 0.2) is 5.43 Å². The highest BCUT2D eigenvalue weighted by atomic mass is 16.2. The lowest BCUT2D eigenvalue weighted by Crippen LogP contribution is -2.34. The van der Waals surface area contributed by atoms with Gasteiger partial charge in [0.2, 0.25) is 0 Å². The highest BCUT2D eigenvalue weighted by molar-refractivity contribution is 5.93. The van der Waals surface area contributed by atoms with Gasteiger partial charge in [0.05, 0.1) is 0 Å². The summed E-state index contributed by atoms with van der Waals surface area (Å²) in [6.45, 7) is 3.62. The van der Waals surface area contributed by atoms with Gasteiger partial charge in [-0.1, -0.05) is 6.92 Å². The Morgan fingerprint density at radius 3 is 2.79 bits per heavy atom. The van der Waals surface area contributed by atoms with Crippen molar-refractivity contribution in [1.82, 2.24) is 10.4 Å². The van der Waals surface area contributed by atoms with E-state index in [1.165, 1.54) is 6.20 Å². The monoisotopic (exact) mass is 195 g/mol. The summed E-state index contributed by atoms with van der Waals surface area (Å²) in [5.41, 5.74) is 3.10. The van der Waals surface area contributed by atoms with Gasteiger partial charge in [-0.3, -0.25) is 15.0 Å². The third-order valence-corrected chi connectivity index (χ3v) is 2.16. The minimum atomic E-state index is -0.572. The van der Waals surface area contributed by atoms with Gasteiger partial charge in [-0.2, -0.15) is 0 Å². The molecule has 0 aliphatic rings. The first-order valence-corrected chi connectivity index (χ1v) is 4.33. The molecule has 4 N–H and O–H groups in total. The zero-order valence-corrected chi connectivity index (χ0v) is 8.18. The van der Waals surface area contributed by atoms with E-state index in [1.807, 2.05) is 12.3 Å². The Kier molecular flexibility index (Phi) is 3.03. The van der Waals surface area contributed by atoms with Crippen LogP contribution in [-0.2, 0) is 6.42 Å². The summed E-state index contributed by atoms with van der Waals surface area (Å²) < 4.78 is 0. The molecule has 0 saturated heterocycles. The molecule has 76 valence electrons. The predicted molar refractivity (Wildman–Crippen MR) is 52.8 cm³/mol. The zero-order chi connectivity index (χ0) is 10.7. The highest BCUT2D eigenvalue weighted by Crippen LogP contribution is 2.01. The van der Waals surface area contributed by atoms with Gasteiger partial charge in [0.25, 0.3) is 5.91 Å². The molecule has 1 rings (SSSR count). The Morgan fingerprint density at radius 2 is 2.29 bits per heavy atom. The average Bonchev–Trinajstić information content (AvgIpc) is 2.21. The molecule has 1 aromatic heterocycles. The van der Waals surface area contributed by atoms with E-state index >= 15 is 0 Å². The van der Waals surface area contributed by atoms with Crippen LogP contribution in [0.15, 0.2) is 11.0 Å². The number of hydrogen-bond acceptors (Lipinski definition) is 3. The molecule has 0 aromatic carbocycles. The lowest BCUT2D eigenvalue weighted by Gasteiger charge is -2.04. The van der Waals surface area contributed by atoms with Crippen molar-refractivity contribution in [2.45, 2.75) is 20.3 Å². The van der Waals surface area contributed by atoms with E-state index in [1.54, 1.807) is 6.92 Å². The van der Waals surface area contributed by atoms with Crippen molar-refractivity contribution >= 4 is 5.91 Å². The summed E-state index contributed by atoms with van der Waals surface area (Å²) in [6, 6.07) is 0. The molecule has 0 radical (unpaired) electrons. The molecule has 1 heterocycles. The molecule has 0 atom stereocenters. The predicted octanol–water partition coefficient (Wildman–Crippen LogP) is -0.151. The molecular formula is C9H13N3O2. The van der Waals surface area contributed by atoms with Gasteiger partial charge in [0, 0.05) is 17.5 Å². The van der Waals surface area contributed by atoms with Crippen LogP contribution in [0.5, 0.6) is 0 Å². The Bertz CT molecular complexity index is 409. The number of aryl methyl sites for hydroxylation is 1. The number of hydrogen-bond donors (Lipinski definition) is 3. The normalized spacial score (nSPS) is 9.93. The van der Waals surface area contributed by atoms with Crippen LogP contribution in [0.2, 0.25) is 0 Å². The number of pyridine rings is 1. The SMILES string of the molecule is CCc1[nH]cc(C(=O)NN)c(=O)c1C. The van der Waals surface area contributed by atoms with Crippen LogP contribution in [-0.4, -0.2) is 10.9 Å². The van der Waals surface area contributed by atoms with Crippen molar-refractivity contribution in [2.75, 3.05) is 0 Å². The number of aromatic amines is 1. The number of hydrazine groups is 1. The van der Waals surface area contributed by atoms with Crippen LogP contribution in [0.4, 0.5) is 0 Å². The number of H-pyrrole nitrogens is 1. The summed E-state index contributed by atoms with van der Waals surface area (Å²) in [7, 11) is 0. The van der Waals surface area contributed by atoms with E-state index < -0.39 is 5.91 Å². The number of rotatable bonds is 2. The van der Waals surface area contributed by atoms with E-state index in [0.29, 0.717) is 5.56 Å². The van der Waals surface area contributed by atoms with Crippen LogP contribution in [0.3, 0.4) is 0 Å². The molecule has 1 aromatic rings. The molecule has 5 heteroatoms. The smallest absolute Gasteiger partial charge is 0.270 e. The lowest BCUT2D eigenvalue weighted by molar-refractivity contribution is 0.0952. The van der Waals surface area contributed by atoms with Crippen LogP contribution in [0.25, 0.3) is 0 Å². The fourth-order valence-corrected chi connectivity index (χ4v) is 1.29. The minimum Gasteiger partial charge on any atom is -0.364 e. The molecule has 0 bridgehead atoms. The highest BCUT2D eigenvalue weighted by Gasteiger charge is 2.12. The lowest BCUT2D eigenvalue weighted by atomic mass is 10.1. The van der Waals surface area contributed by atoms with Crippen LogP contribution >= 0.6 is 0 Å². The summed E-state index contributed by atoms with van der Waals surface area (Å²) in [5.74, 6) is 4.37. The fourth-order valence-electron chi connectivity index (χ4n) is 1.29. The number of nitrogen functional groups attached to an aromatic ring is 1. The van der Waals surface area contributed by atoms with Gasteiger partial charge in [-0.25, -0.2) is 5.84 Å². The zero-order valence-electron chi connectivity index (χ0n) is 8.18. The number of carbonyl (C=O) groups excluding carboxylic acids is 1. The largest absolute Gasteiger partial charge is 0.364 e. The molecule has 0 unspecified atom stereocenters. The first-order chi connectivity index (χ1) is 6.61. The molecule has 14 heavy (non-hydrogen) atoms. The third-order valence-electron chi connectivity index (χ3n) is 2.16. The van der Waals surface area contributed by atoms with E-state index in [4.69, 9.17) is 5.84 Å². The van der Waals surface area contributed by atoms with Crippen LogP contribution in [0.1, 0.15) is 28.5 Å². The Balaban J connectivity index is 3.31. The number of aromatic nitrogens is 1. The van der Waals surface area contributed by atoms with E-state index in [-0.39, 0.29) is 11.0 Å². The van der Waals surface area contributed by atoms with E-state index in [9.17, 15) is 9.59 Å². The number of nitrogens with two attached hydrogens (primary N) is 1. The number of amides is 1. The van der Waals surface area contributed by atoms with E-state index in [2.05, 4.69) is 4.98 Å². The summed E-state index contributed by atoms with van der Waals surface area (Å²) in [4.78, 5) is 25.6. The molecule has 0 spiro atoms. The van der Waals surface area contributed by atoms with Crippen molar-refractivity contribution in [2.24, 2.45) is 5.84 Å². The van der Waals surface area contributed by atoms with Gasteiger partial charge >= 0.3 is 0 Å². The molecule has 5 nitrogen and oxygen atoms in total. The second kappa shape index (κ2) is 4.06. The van der Waals surface area contributed by atoms with Crippen molar-refractivity contribution in [3.63, 3.8) is 0 Å². The molecule has 0 saturated carbocycles. The standard InChI is InChI=1S/C9H13N3O2/c1-3-7-5(2)8(13)6(4-11-7)9(14)12-10/h4H,3,10H2,1-2H3,(H,11,13)(H,12,14). The van der Waals surface area contributed by atoms with Crippen molar-refractivity contribution in [3.8, 4) is 0 Å². The summed E-state index contributed by atoms with van der Waals surface area (Å²) >= 11 is 0. The fraction of sp³-hybridized carbons (Fsp3) is 0.333. The Labute approximate surface area is 81.3 Å².